The first kappa shape index (κ1) is 14.3. The monoisotopic (exact) mass is 301 g/mol. The van der Waals surface area contributed by atoms with E-state index in [9.17, 15) is 8.42 Å². The molecule has 109 valence electrons. The fourth-order valence-electron chi connectivity index (χ4n) is 2.56. The van der Waals surface area contributed by atoms with Crippen molar-refractivity contribution in [3.8, 4) is 11.1 Å². The van der Waals surface area contributed by atoms with Gasteiger partial charge in [0.1, 0.15) is 4.90 Å². The Hall–Kier alpha value is -1.65. The first-order chi connectivity index (χ1) is 10.1. The standard InChI is InChI=1S/C17H17O3S/c1-2-3-11-20-21(18,19)16-10-6-8-14-12-13-7-4-5-9-15(13)17(14)16/h4-10,12H,2-3,11H2,1H3. The van der Waals surface area contributed by atoms with Crippen molar-refractivity contribution in [2.45, 2.75) is 24.7 Å². The van der Waals surface area contributed by atoms with Crippen LogP contribution in [0.5, 0.6) is 0 Å². The van der Waals surface area contributed by atoms with Crippen LogP contribution < -0.4 is 0 Å². The third-order valence-electron chi connectivity index (χ3n) is 3.61. The van der Waals surface area contributed by atoms with Crippen LogP contribution in [0.3, 0.4) is 0 Å². The molecule has 0 N–H and O–H groups in total. The molecule has 21 heavy (non-hydrogen) atoms. The smallest absolute Gasteiger partial charge is 0.266 e. The first-order valence-electron chi connectivity index (χ1n) is 7.10. The third-order valence-corrected chi connectivity index (χ3v) is 4.96. The van der Waals surface area contributed by atoms with Crippen LogP contribution >= 0.6 is 0 Å². The van der Waals surface area contributed by atoms with E-state index in [2.05, 4.69) is 0 Å². The number of fused-ring (bicyclic) bond motifs is 3. The molecule has 3 nitrogen and oxygen atoms in total. The van der Waals surface area contributed by atoms with E-state index in [4.69, 9.17) is 4.18 Å². The summed E-state index contributed by atoms with van der Waals surface area (Å²) in [6, 6.07) is 13.1. The van der Waals surface area contributed by atoms with Gasteiger partial charge in [-0.2, -0.15) is 8.42 Å². The Morgan fingerprint density at radius 2 is 1.76 bits per heavy atom. The third kappa shape index (κ3) is 2.61. The van der Waals surface area contributed by atoms with Gasteiger partial charge >= 0.3 is 0 Å². The number of benzene rings is 2. The normalized spacial score (nSPS) is 13.0. The van der Waals surface area contributed by atoms with Crippen LogP contribution in [0.4, 0.5) is 0 Å². The van der Waals surface area contributed by atoms with Crippen LogP contribution in [0.15, 0.2) is 47.4 Å². The molecule has 0 amide bonds. The molecule has 2 aromatic carbocycles. The van der Waals surface area contributed by atoms with E-state index >= 15 is 0 Å². The van der Waals surface area contributed by atoms with Crippen molar-refractivity contribution in [1.29, 1.82) is 0 Å². The molecule has 0 bridgehead atoms. The summed E-state index contributed by atoms with van der Waals surface area (Å²) in [5.41, 5.74) is 3.68. The highest BCUT2D eigenvalue weighted by Crippen LogP contribution is 2.41. The average Bonchev–Trinajstić information content (AvgIpc) is 2.85. The summed E-state index contributed by atoms with van der Waals surface area (Å²) in [4.78, 5) is 0.261. The summed E-state index contributed by atoms with van der Waals surface area (Å²) in [5.74, 6) is 0. The molecule has 0 saturated carbocycles. The number of hydrogen-bond donors (Lipinski definition) is 0. The molecule has 0 saturated heterocycles. The Balaban J connectivity index is 2.06. The van der Waals surface area contributed by atoms with Gasteiger partial charge in [-0.15, -0.1) is 0 Å². The Labute approximate surface area is 125 Å². The molecule has 0 unspecified atom stereocenters. The van der Waals surface area contributed by atoms with E-state index < -0.39 is 10.1 Å². The van der Waals surface area contributed by atoms with Crippen LogP contribution in [-0.4, -0.2) is 15.0 Å². The Morgan fingerprint density at radius 3 is 2.57 bits per heavy atom. The molecule has 2 aromatic rings. The Kier molecular flexibility index (Phi) is 3.83. The maximum absolute atomic E-state index is 12.4. The van der Waals surface area contributed by atoms with Crippen molar-refractivity contribution in [1.82, 2.24) is 0 Å². The van der Waals surface area contributed by atoms with E-state index in [-0.39, 0.29) is 11.5 Å². The van der Waals surface area contributed by atoms with Gasteiger partial charge in [-0.05, 0) is 29.2 Å². The molecule has 3 rings (SSSR count). The van der Waals surface area contributed by atoms with Crippen LogP contribution in [0, 0.1) is 6.42 Å². The molecule has 1 aliphatic rings. The van der Waals surface area contributed by atoms with E-state index in [1.54, 1.807) is 12.1 Å². The van der Waals surface area contributed by atoms with Gasteiger partial charge in [0.2, 0.25) is 0 Å². The summed E-state index contributed by atoms with van der Waals surface area (Å²) in [7, 11) is -3.72. The molecule has 0 atom stereocenters. The van der Waals surface area contributed by atoms with Gasteiger partial charge in [0, 0.05) is 12.0 Å². The predicted molar refractivity (Wildman–Crippen MR) is 82.4 cm³/mol. The molecule has 1 aliphatic carbocycles. The fraction of sp³-hybridized carbons (Fsp3) is 0.235. The number of rotatable bonds is 5. The first-order valence-corrected chi connectivity index (χ1v) is 8.51. The Morgan fingerprint density at radius 1 is 1.00 bits per heavy atom. The van der Waals surface area contributed by atoms with E-state index in [1.165, 1.54) is 0 Å². The molecule has 0 aromatic heterocycles. The van der Waals surface area contributed by atoms with Gasteiger partial charge in [0.25, 0.3) is 10.1 Å². The molecule has 0 fully saturated rings. The fourth-order valence-corrected chi connectivity index (χ4v) is 3.75. The average molecular weight is 301 g/mol. The van der Waals surface area contributed by atoms with Crippen LogP contribution in [0.2, 0.25) is 0 Å². The quantitative estimate of drug-likeness (QED) is 0.532. The van der Waals surface area contributed by atoms with Crippen LogP contribution in [0.25, 0.3) is 11.1 Å². The lowest BCUT2D eigenvalue weighted by atomic mass is 10.1. The van der Waals surface area contributed by atoms with Crippen LogP contribution in [0.1, 0.15) is 30.9 Å². The van der Waals surface area contributed by atoms with Gasteiger partial charge in [0.15, 0.2) is 0 Å². The zero-order chi connectivity index (χ0) is 14.9. The number of hydrogen-bond acceptors (Lipinski definition) is 3. The van der Waals surface area contributed by atoms with Crippen molar-refractivity contribution in [3.63, 3.8) is 0 Å². The molecule has 0 heterocycles. The topological polar surface area (TPSA) is 43.4 Å². The van der Waals surface area contributed by atoms with E-state index in [0.29, 0.717) is 0 Å². The predicted octanol–water partition coefficient (Wildman–Crippen LogP) is 3.77. The highest BCUT2D eigenvalue weighted by Gasteiger charge is 2.27. The highest BCUT2D eigenvalue weighted by molar-refractivity contribution is 7.87. The van der Waals surface area contributed by atoms with Crippen molar-refractivity contribution < 1.29 is 12.6 Å². The van der Waals surface area contributed by atoms with E-state index in [0.717, 1.165) is 35.1 Å². The summed E-state index contributed by atoms with van der Waals surface area (Å²) in [6.45, 7) is 2.23. The van der Waals surface area contributed by atoms with Gasteiger partial charge in [-0.25, -0.2) is 0 Å². The van der Waals surface area contributed by atoms with E-state index in [1.807, 2.05) is 43.7 Å². The minimum atomic E-state index is -3.72. The minimum absolute atomic E-state index is 0.230. The van der Waals surface area contributed by atoms with Gasteiger partial charge in [0.05, 0.1) is 6.61 Å². The second-order valence-corrected chi connectivity index (χ2v) is 6.67. The second-order valence-electron chi connectivity index (χ2n) is 5.08. The molecule has 4 heteroatoms. The lowest BCUT2D eigenvalue weighted by Gasteiger charge is -2.10. The molecule has 0 aliphatic heterocycles. The van der Waals surface area contributed by atoms with Gasteiger partial charge in [-0.3, -0.25) is 4.18 Å². The maximum atomic E-state index is 12.4. The summed E-state index contributed by atoms with van der Waals surface area (Å²) in [5, 5.41) is 0. The maximum Gasteiger partial charge on any atom is 0.297 e. The Bertz CT molecular complexity index is 763. The summed E-state index contributed by atoms with van der Waals surface area (Å²) >= 11 is 0. The van der Waals surface area contributed by atoms with Crippen molar-refractivity contribution in [3.05, 3.63) is 60.0 Å². The largest absolute Gasteiger partial charge is 0.297 e. The SMILES string of the molecule is CCCCOS(=O)(=O)c1cccc2c1-c1ccccc1[CH]2. The van der Waals surface area contributed by atoms with Crippen molar-refractivity contribution in [2.24, 2.45) is 0 Å². The van der Waals surface area contributed by atoms with Gasteiger partial charge < -0.3 is 0 Å². The lowest BCUT2D eigenvalue weighted by molar-refractivity contribution is 0.311. The summed E-state index contributed by atoms with van der Waals surface area (Å²) in [6.07, 6.45) is 3.64. The molecule has 0 spiro atoms. The molecular formula is C17H17O3S. The second kappa shape index (κ2) is 5.62. The molecule has 1 radical (unpaired) electrons. The zero-order valence-electron chi connectivity index (χ0n) is 11.9. The van der Waals surface area contributed by atoms with Crippen LogP contribution in [-0.2, 0) is 14.3 Å². The highest BCUT2D eigenvalue weighted by atomic mass is 32.2. The van der Waals surface area contributed by atoms with Gasteiger partial charge in [-0.1, -0.05) is 49.7 Å². The molecular weight excluding hydrogens is 284 g/mol. The minimum Gasteiger partial charge on any atom is -0.266 e. The van der Waals surface area contributed by atoms with Crippen molar-refractivity contribution in [2.75, 3.05) is 6.61 Å². The summed E-state index contributed by atoms with van der Waals surface area (Å²) < 4.78 is 30.0. The lowest BCUT2D eigenvalue weighted by Crippen LogP contribution is -2.09. The van der Waals surface area contributed by atoms with Crippen molar-refractivity contribution >= 4 is 10.1 Å². The number of unbranched alkanes of at least 4 members (excludes halogenated alkanes) is 1. The zero-order valence-corrected chi connectivity index (χ0v) is 12.7.